The first-order valence-electron chi connectivity index (χ1n) is 4.82. The molecule has 0 saturated carbocycles. The number of pyridine rings is 1. The molecule has 0 aliphatic carbocycles. The molecule has 0 radical (unpaired) electrons. The summed E-state index contributed by atoms with van der Waals surface area (Å²) in [5, 5.41) is 2.69. The lowest BCUT2D eigenvalue weighted by molar-refractivity contribution is 0.465. The fourth-order valence-corrected chi connectivity index (χ4v) is 1.28. The van der Waals surface area contributed by atoms with Gasteiger partial charge in [-0.25, -0.2) is 8.78 Å². The summed E-state index contributed by atoms with van der Waals surface area (Å²) < 4.78 is 38.3. The van der Waals surface area contributed by atoms with Crippen LogP contribution in [0.25, 0.3) is 0 Å². The van der Waals surface area contributed by atoms with E-state index in [4.69, 9.17) is 0 Å². The van der Waals surface area contributed by atoms with Gasteiger partial charge in [-0.15, -0.1) is 0 Å². The van der Waals surface area contributed by atoms with E-state index in [1.54, 1.807) is 0 Å². The topological polar surface area (TPSA) is 24.9 Å². The van der Waals surface area contributed by atoms with Crippen molar-refractivity contribution >= 4 is 5.82 Å². The van der Waals surface area contributed by atoms with Gasteiger partial charge >= 0.3 is 0 Å². The number of anilines is 1. The minimum atomic E-state index is -1.29. The van der Waals surface area contributed by atoms with Crippen LogP contribution in [0.15, 0.2) is 6.07 Å². The van der Waals surface area contributed by atoms with Gasteiger partial charge in [0.25, 0.3) is 5.95 Å². The monoisotopic (exact) mass is 218 g/mol. The predicted octanol–water partition coefficient (Wildman–Crippen LogP) is 3.10. The smallest absolute Gasteiger partial charge is 0.251 e. The molecule has 0 fully saturated rings. The molecule has 1 aromatic heterocycles. The molecule has 15 heavy (non-hydrogen) atoms. The Labute approximate surface area is 86.5 Å². The van der Waals surface area contributed by atoms with E-state index in [1.807, 2.05) is 13.8 Å². The van der Waals surface area contributed by atoms with Gasteiger partial charge in [0.05, 0.1) is 0 Å². The second-order valence-electron chi connectivity index (χ2n) is 3.43. The zero-order valence-electron chi connectivity index (χ0n) is 8.65. The molecule has 0 aliphatic heterocycles. The third kappa shape index (κ3) is 3.11. The van der Waals surface area contributed by atoms with Crippen molar-refractivity contribution in [3.63, 3.8) is 0 Å². The van der Waals surface area contributed by atoms with Gasteiger partial charge in [-0.1, -0.05) is 13.3 Å². The summed E-state index contributed by atoms with van der Waals surface area (Å²) in [6, 6.07) is 0.463. The Balaban J connectivity index is 2.81. The predicted molar refractivity (Wildman–Crippen MR) is 52.1 cm³/mol. The van der Waals surface area contributed by atoms with Gasteiger partial charge in [-0.05, 0) is 13.3 Å². The van der Waals surface area contributed by atoms with Crippen LogP contribution in [0.1, 0.15) is 26.7 Å². The average Bonchev–Trinajstić information content (AvgIpc) is 2.14. The lowest BCUT2D eigenvalue weighted by Crippen LogP contribution is -2.17. The number of nitrogens with zero attached hydrogens (tertiary/aromatic N) is 1. The summed E-state index contributed by atoms with van der Waals surface area (Å²) in [6.07, 6.45) is 1.72. The van der Waals surface area contributed by atoms with Crippen molar-refractivity contribution in [3.8, 4) is 0 Å². The molecule has 0 aromatic carbocycles. The van der Waals surface area contributed by atoms with Gasteiger partial charge < -0.3 is 5.32 Å². The number of hydrogen-bond acceptors (Lipinski definition) is 2. The Morgan fingerprint density at radius 3 is 2.60 bits per heavy atom. The molecule has 1 atom stereocenters. The highest BCUT2D eigenvalue weighted by Gasteiger charge is 2.12. The number of nitrogens with one attached hydrogen (secondary N) is 1. The summed E-state index contributed by atoms with van der Waals surface area (Å²) in [5.74, 6) is -3.68. The van der Waals surface area contributed by atoms with Crippen molar-refractivity contribution in [1.29, 1.82) is 0 Å². The number of rotatable bonds is 4. The molecule has 0 saturated heterocycles. The van der Waals surface area contributed by atoms with Crippen LogP contribution in [-0.4, -0.2) is 11.0 Å². The van der Waals surface area contributed by atoms with E-state index < -0.39 is 17.6 Å². The maximum atomic E-state index is 13.1. The van der Waals surface area contributed by atoms with E-state index in [2.05, 4.69) is 10.3 Å². The van der Waals surface area contributed by atoms with Crippen LogP contribution in [0, 0.1) is 17.6 Å². The molecule has 0 bridgehead atoms. The molecular formula is C10H13F3N2. The van der Waals surface area contributed by atoms with Crippen molar-refractivity contribution in [3.05, 3.63) is 23.6 Å². The minimum Gasteiger partial charge on any atom is -0.365 e. The second kappa shape index (κ2) is 5.00. The maximum absolute atomic E-state index is 13.1. The lowest BCUT2D eigenvalue weighted by Gasteiger charge is -2.13. The normalized spacial score (nSPS) is 12.6. The maximum Gasteiger partial charge on any atom is 0.251 e. The quantitative estimate of drug-likeness (QED) is 0.785. The van der Waals surface area contributed by atoms with Gasteiger partial charge in [0.1, 0.15) is 0 Å². The fourth-order valence-electron chi connectivity index (χ4n) is 1.28. The van der Waals surface area contributed by atoms with Crippen molar-refractivity contribution in [1.82, 2.24) is 4.98 Å². The number of aromatic nitrogens is 1. The molecule has 1 unspecified atom stereocenters. The van der Waals surface area contributed by atoms with Crippen molar-refractivity contribution in [2.24, 2.45) is 0 Å². The number of halogens is 3. The third-order valence-electron chi connectivity index (χ3n) is 1.99. The van der Waals surface area contributed by atoms with Gasteiger partial charge in [0.2, 0.25) is 0 Å². The standard InChI is InChI=1S/C10H13F3N2/c1-3-4-6(2)14-10-8(12)5-7(11)9(13)15-10/h5-6H,3-4H2,1-2H3,(H,14,15). The molecule has 0 amide bonds. The molecule has 84 valence electrons. The summed E-state index contributed by atoms with van der Waals surface area (Å²) >= 11 is 0. The van der Waals surface area contributed by atoms with Crippen molar-refractivity contribution in [2.75, 3.05) is 5.32 Å². The Morgan fingerprint density at radius 2 is 2.00 bits per heavy atom. The van der Waals surface area contributed by atoms with E-state index in [1.165, 1.54) is 0 Å². The van der Waals surface area contributed by atoms with Crippen molar-refractivity contribution < 1.29 is 13.2 Å². The van der Waals surface area contributed by atoms with Gasteiger partial charge in [-0.2, -0.15) is 9.37 Å². The lowest BCUT2D eigenvalue weighted by atomic mass is 10.2. The first-order valence-corrected chi connectivity index (χ1v) is 4.82. The van der Waals surface area contributed by atoms with Crippen LogP contribution in [0.2, 0.25) is 0 Å². The van der Waals surface area contributed by atoms with Gasteiger partial charge in [0, 0.05) is 12.1 Å². The molecule has 1 aromatic rings. The zero-order chi connectivity index (χ0) is 11.4. The van der Waals surface area contributed by atoms with Crippen LogP contribution < -0.4 is 5.32 Å². The SMILES string of the molecule is CCCC(C)Nc1nc(F)c(F)cc1F. The Kier molecular flexibility index (Phi) is 3.94. The summed E-state index contributed by atoms with van der Waals surface area (Å²) in [4.78, 5) is 3.17. The van der Waals surface area contributed by atoms with E-state index >= 15 is 0 Å². The van der Waals surface area contributed by atoms with Crippen LogP contribution in [-0.2, 0) is 0 Å². The van der Waals surface area contributed by atoms with Crippen LogP contribution >= 0.6 is 0 Å². The Bertz CT molecular complexity index is 342. The van der Waals surface area contributed by atoms with E-state index in [-0.39, 0.29) is 11.9 Å². The van der Waals surface area contributed by atoms with Crippen molar-refractivity contribution in [2.45, 2.75) is 32.7 Å². The summed E-state index contributed by atoms with van der Waals surface area (Å²) in [5.41, 5.74) is 0. The molecular weight excluding hydrogens is 205 g/mol. The van der Waals surface area contributed by atoms with Crippen LogP contribution in [0.3, 0.4) is 0 Å². The minimum absolute atomic E-state index is 0.0261. The number of hydrogen-bond donors (Lipinski definition) is 1. The molecule has 1 heterocycles. The summed E-state index contributed by atoms with van der Waals surface area (Å²) in [7, 11) is 0. The highest BCUT2D eigenvalue weighted by atomic mass is 19.2. The third-order valence-corrected chi connectivity index (χ3v) is 1.99. The largest absolute Gasteiger partial charge is 0.365 e. The first-order chi connectivity index (χ1) is 7.04. The highest BCUT2D eigenvalue weighted by molar-refractivity contribution is 5.37. The van der Waals surface area contributed by atoms with Gasteiger partial charge in [-0.3, -0.25) is 0 Å². The van der Waals surface area contributed by atoms with E-state index in [9.17, 15) is 13.2 Å². The average molecular weight is 218 g/mol. The Hall–Kier alpha value is -1.26. The second-order valence-corrected chi connectivity index (χ2v) is 3.43. The molecule has 0 aliphatic rings. The van der Waals surface area contributed by atoms with Gasteiger partial charge in [0.15, 0.2) is 17.5 Å². The summed E-state index contributed by atoms with van der Waals surface area (Å²) in [6.45, 7) is 3.80. The molecule has 2 nitrogen and oxygen atoms in total. The van der Waals surface area contributed by atoms with Crippen LogP contribution in [0.5, 0.6) is 0 Å². The Morgan fingerprint density at radius 1 is 1.33 bits per heavy atom. The zero-order valence-corrected chi connectivity index (χ0v) is 8.65. The molecule has 5 heteroatoms. The fraction of sp³-hybridized carbons (Fsp3) is 0.500. The van der Waals surface area contributed by atoms with E-state index in [0.717, 1.165) is 12.8 Å². The van der Waals surface area contributed by atoms with Crippen LogP contribution in [0.4, 0.5) is 19.0 Å². The molecule has 0 spiro atoms. The first kappa shape index (κ1) is 11.8. The molecule has 1 N–H and O–H groups in total. The van der Waals surface area contributed by atoms with E-state index in [0.29, 0.717) is 6.07 Å². The molecule has 1 rings (SSSR count). The highest BCUT2D eigenvalue weighted by Crippen LogP contribution is 2.15.